The van der Waals surface area contributed by atoms with Crippen LogP contribution in [0.3, 0.4) is 0 Å². The van der Waals surface area contributed by atoms with Gasteiger partial charge in [0, 0.05) is 23.6 Å². The molecule has 5 rings (SSSR count). The standard InChI is InChI=1S/C26H25FN6O4/c1-35-23-11-18-10-19(26(34)28-22(18)12-24(23)36-2)14-32(15-21-4-3-9-37-21)16-25-29-30-31-33(25)13-17-5-7-20(27)8-6-17/h3-12H,13-16H2,1-2H3,(H,28,34). The molecule has 0 aliphatic rings. The normalized spacial score (nSPS) is 11.4. The molecular formula is C26H25FN6O4. The van der Waals surface area contributed by atoms with E-state index < -0.39 is 0 Å². The van der Waals surface area contributed by atoms with Gasteiger partial charge >= 0.3 is 0 Å². The predicted octanol–water partition coefficient (Wildman–Crippen LogP) is 3.51. The van der Waals surface area contributed by atoms with Crippen LogP contribution < -0.4 is 15.0 Å². The lowest BCUT2D eigenvalue weighted by atomic mass is 10.1. The predicted molar refractivity (Wildman–Crippen MR) is 133 cm³/mol. The van der Waals surface area contributed by atoms with Crippen LogP contribution in [0.25, 0.3) is 10.9 Å². The van der Waals surface area contributed by atoms with Gasteiger partial charge in [0.1, 0.15) is 11.6 Å². The van der Waals surface area contributed by atoms with Crippen LogP contribution in [0.1, 0.15) is 22.7 Å². The molecule has 0 bridgehead atoms. The Morgan fingerprint density at radius 3 is 2.54 bits per heavy atom. The first-order valence-electron chi connectivity index (χ1n) is 11.5. The average Bonchev–Trinajstić information content (AvgIpc) is 3.57. The molecule has 190 valence electrons. The molecule has 11 heteroatoms. The van der Waals surface area contributed by atoms with Gasteiger partial charge in [-0.1, -0.05) is 12.1 Å². The zero-order valence-corrected chi connectivity index (χ0v) is 20.3. The highest BCUT2D eigenvalue weighted by Crippen LogP contribution is 2.31. The van der Waals surface area contributed by atoms with Crippen LogP contribution in [0.2, 0.25) is 0 Å². The maximum absolute atomic E-state index is 13.3. The zero-order chi connectivity index (χ0) is 25.8. The number of rotatable bonds is 10. The lowest BCUT2D eigenvalue weighted by Crippen LogP contribution is -2.28. The van der Waals surface area contributed by atoms with Gasteiger partial charge in [0.2, 0.25) is 0 Å². The number of hydrogen-bond donors (Lipinski definition) is 1. The monoisotopic (exact) mass is 504 g/mol. The third-order valence-corrected chi connectivity index (χ3v) is 6.00. The van der Waals surface area contributed by atoms with Gasteiger partial charge in [-0.25, -0.2) is 9.07 Å². The van der Waals surface area contributed by atoms with E-state index in [1.54, 1.807) is 43.4 Å². The molecule has 2 aromatic carbocycles. The van der Waals surface area contributed by atoms with Crippen molar-refractivity contribution in [2.45, 2.75) is 26.2 Å². The molecule has 0 radical (unpaired) electrons. The molecule has 1 N–H and O–H groups in total. The highest BCUT2D eigenvalue weighted by molar-refractivity contribution is 5.83. The molecule has 5 aromatic rings. The van der Waals surface area contributed by atoms with Gasteiger partial charge in [-0.05, 0) is 52.4 Å². The van der Waals surface area contributed by atoms with E-state index in [9.17, 15) is 9.18 Å². The number of benzene rings is 2. The Morgan fingerprint density at radius 1 is 1.03 bits per heavy atom. The maximum Gasteiger partial charge on any atom is 0.252 e. The van der Waals surface area contributed by atoms with Crippen LogP contribution in [0.5, 0.6) is 11.5 Å². The van der Waals surface area contributed by atoms with E-state index >= 15 is 0 Å². The van der Waals surface area contributed by atoms with E-state index in [0.29, 0.717) is 54.6 Å². The molecule has 0 aliphatic carbocycles. The minimum Gasteiger partial charge on any atom is -0.493 e. The van der Waals surface area contributed by atoms with Crippen LogP contribution in [0.15, 0.2) is 70.1 Å². The highest BCUT2D eigenvalue weighted by Gasteiger charge is 2.18. The first-order chi connectivity index (χ1) is 18.0. The number of methoxy groups -OCH3 is 2. The molecule has 10 nitrogen and oxygen atoms in total. The van der Waals surface area contributed by atoms with Crippen LogP contribution in [-0.4, -0.2) is 44.3 Å². The highest BCUT2D eigenvalue weighted by atomic mass is 19.1. The summed E-state index contributed by atoms with van der Waals surface area (Å²) in [6.07, 6.45) is 1.61. The molecule has 0 atom stereocenters. The van der Waals surface area contributed by atoms with Crippen molar-refractivity contribution < 1.29 is 18.3 Å². The molecular weight excluding hydrogens is 479 g/mol. The molecule has 0 amide bonds. The van der Waals surface area contributed by atoms with Crippen molar-refractivity contribution in [3.8, 4) is 11.5 Å². The third kappa shape index (κ3) is 5.51. The molecule has 3 aromatic heterocycles. The number of ether oxygens (including phenoxy) is 2. The van der Waals surface area contributed by atoms with Gasteiger partial charge in [0.15, 0.2) is 17.3 Å². The number of halogens is 1. The SMILES string of the molecule is COc1cc2cc(CN(Cc3ccco3)Cc3nnnn3Cc3ccc(F)cc3)c(=O)[nH]c2cc1OC. The lowest BCUT2D eigenvalue weighted by Gasteiger charge is -2.21. The number of H-pyrrole nitrogens is 1. The summed E-state index contributed by atoms with van der Waals surface area (Å²) in [6, 6.07) is 15.3. The van der Waals surface area contributed by atoms with Gasteiger partial charge in [0.25, 0.3) is 5.56 Å². The molecule has 0 spiro atoms. The van der Waals surface area contributed by atoms with Crippen molar-refractivity contribution in [3.05, 3.63) is 99.7 Å². The number of furan rings is 1. The number of hydrogen-bond acceptors (Lipinski definition) is 8. The van der Waals surface area contributed by atoms with Crippen molar-refractivity contribution in [1.29, 1.82) is 0 Å². The molecule has 3 heterocycles. The second kappa shape index (κ2) is 10.6. The fraction of sp³-hybridized carbons (Fsp3) is 0.231. The smallest absolute Gasteiger partial charge is 0.252 e. The molecule has 0 fully saturated rings. The number of aromatic amines is 1. The summed E-state index contributed by atoms with van der Waals surface area (Å²) in [6.45, 7) is 1.47. The van der Waals surface area contributed by atoms with Crippen LogP contribution in [0, 0.1) is 5.82 Å². The average molecular weight is 505 g/mol. The number of nitrogens with one attached hydrogen (secondary N) is 1. The first-order valence-corrected chi connectivity index (χ1v) is 11.5. The van der Waals surface area contributed by atoms with E-state index in [0.717, 1.165) is 16.7 Å². The van der Waals surface area contributed by atoms with Crippen molar-refractivity contribution in [2.75, 3.05) is 14.2 Å². The van der Waals surface area contributed by atoms with E-state index in [2.05, 4.69) is 20.5 Å². The Balaban J connectivity index is 1.43. The summed E-state index contributed by atoms with van der Waals surface area (Å²) in [5.74, 6) is 2.13. The van der Waals surface area contributed by atoms with Gasteiger partial charge < -0.3 is 18.9 Å². The number of aromatic nitrogens is 5. The van der Waals surface area contributed by atoms with Gasteiger partial charge in [-0.2, -0.15) is 0 Å². The second-order valence-corrected chi connectivity index (χ2v) is 8.52. The Kier molecular flexibility index (Phi) is 6.95. The van der Waals surface area contributed by atoms with E-state index in [-0.39, 0.29) is 11.4 Å². The number of nitrogens with zero attached hydrogens (tertiary/aromatic N) is 5. The quantitative estimate of drug-likeness (QED) is 0.308. The maximum atomic E-state index is 13.3. The summed E-state index contributed by atoms with van der Waals surface area (Å²) < 4.78 is 31.3. The van der Waals surface area contributed by atoms with Crippen molar-refractivity contribution >= 4 is 10.9 Å². The van der Waals surface area contributed by atoms with E-state index in [1.165, 1.54) is 12.1 Å². The summed E-state index contributed by atoms with van der Waals surface area (Å²) in [4.78, 5) is 18.0. The summed E-state index contributed by atoms with van der Waals surface area (Å²) in [7, 11) is 3.11. The van der Waals surface area contributed by atoms with Crippen LogP contribution >= 0.6 is 0 Å². The Hall–Kier alpha value is -4.51. The van der Waals surface area contributed by atoms with E-state index in [4.69, 9.17) is 13.9 Å². The van der Waals surface area contributed by atoms with Crippen LogP contribution in [-0.2, 0) is 26.2 Å². The Labute approximate surface area is 211 Å². The lowest BCUT2D eigenvalue weighted by molar-refractivity contribution is 0.217. The molecule has 0 saturated carbocycles. The van der Waals surface area contributed by atoms with Gasteiger partial charge in [0.05, 0.1) is 45.6 Å². The fourth-order valence-corrected chi connectivity index (χ4v) is 4.15. The van der Waals surface area contributed by atoms with Crippen LogP contribution in [0.4, 0.5) is 4.39 Å². The second-order valence-electron chi connectivity index (χ2n) is 8.52. The molecule has 0 aliphatic heterocycles. The summed E-state index contributed by atoms with van der Waals surface area (Å²) in [5, 5.41) is 12.9. The zero-order valence-electron chi connectivity index (χ0n) is 20.3. The van der Waals surface area contributed by atoms with Gasteiger partial charge in [-0.3, -0.25) is 9.69 Å². The number of tetrazole rings is 1. The minimum absolute atomic E-state index is 0.213. The van der Waals surface area contributed by atoms with Crippen molar-refractivity contribution in [3.63, 3.8) is 0 Å². The summed E-state index contributed by atoms with van der Waals surface area (Å²) >= 11 is 0. The number of fused-ring (bicyclic) bond motifs is 1. The van der Waals surface area contributed by atoms with Crippen molar-refractivity contribution in [1.82, 2.24) is 30.1 Å². The van der Waals surface area contributed by atoms with Gasteiger partial charge in [-0.15, -0.1) is 5.10 Å². The third-order valence-electron chi connectivity index (χ3n) is 6.00. The Morgan fingerprint density at radius 2 is 1.81 bits per heavy atom. The molecule has 37 heavy (non-hydrogen) atoms. The van der Waals surface area contributed by atoms with Crippen molar-refractivity contribution in [2.24, 2.45) is 0 Å². The topological polar surface area (TPSA) is 111 Å². The largest absolute Gasteiger partial charge is 0.493 e. The van der Waals surface area contributed by atoms with E-state index in [1.807, 2.05) is 29.2 Å². The fourth-order valence-electron chi connectivity index (χ4n) is 4.15. The molecule has 0 unspecified atom stereocenters. The summed E-state index contributed by atoms with van der Waals surface area (Å²) in [5.41, 5.74) is 1.86. The first kappa shape index (κ1) is 24.2. The number of pyridine rings is 1. The Bertz CT molecular complexity index is 1550. The molecule has 0 saturated heterocycles. The minimum atomic E-state index is -0.304.